The quantitative estimate of drug-likeness (QED) is 0.913. The normalized spacial score (nSPS) is 13.7. The third-order valence-electron chi connectivity index (χ3n) is 3.53. The highest BCUT2D eigenvalue weighted by molar-refractivity contribution is 9.10. The van der Waals surface area contributed by atoms with Gasteiger partial charge in [0.15, 0.2) is 0 Å². The fraction of sp³-hybridized carbons (Fsp3) is 0.200. The predicted octanol–water partition coefficient (Wildman–Crippen LogP) is 3.74. The summed E-state index contributed by atoms with van der Waals surface area (Å²) >= 11 is 3.53. The summed E-state index contributed by atoms with van der Waals surface area (Å²) in [5.74, 6) is -0.199. The molecule has 2 aromatic carbocycles. The van der Waals surface area contributed by atoms with E-state index >= 15 is 0 Å². The molecule has 0 amide bonds. The van der Waals surface area contributed by atoms with E-state index in [1.54, 1.807) is 6.07 Å². The molecule has 2 aromatic rings. The molecule has 4 heteroatoms. The molecule has 0 bridgehead atoms. The molecule has 1 aliphatic heterocycles. The molecule has 2 nitrogen and oxygen atoms in total. The third kappa shape index (κ3) is 2.15. The van der Waals surface area contributed by atoms with E-state index in [2.05, 4.69) is 20.8 Å². The maximum absolute atomic E-state index is 13.5. The van der Waals surface area contributed by atoms with Crippen LogP contribution in [0.15, 0.2) is 40.9 Å². The average molecular weight is 321 g/mol. The van der Waals surface area contributed by atoms with Gasteiger partial charge in [-0.05, 0) is 36.2 Å². The molecule has 1 aliphatic rings. The molecule has 0 spiro atoms. The van der Waals surface area contributed by atoms with E-state index in [9.17, 15) is 4.39 Å². The van der Waals surface area contributed by atoms with Crippen LogP contribution in [0.25, 0.3) is 0 Å². The van der Waals surface area contributed by atoms with Crippen molar-refractivity contribution in [3.05, 3.63) is 57.8 Å². The Bertz CT molecular complexity index is 628. The van der Waals surface area contributed by atoms with Crippen LogP contribution in [0.4, 0.5) is 15.8 Å². The number of anilines is 2. The predicted molar refractivity (Wildman–Crippen MR) is 79.1 cm³/mol. The third-order valence-corrected chi connectivity index (χ3v) is 4.27. The van der Waals surface area contributed by atoms with Crippen molar-refractivity contribution >= 4 is 27.3 Å². The van der Waals surface area contributed by atoms with Gasteiger partial charge in [0.1, 0.15) is 5.82 Å². The molecule has 2 N–H and O–H groups in total. The van der Waals surface area contributed by atoms with Crippen LogP contribution in [-0.2, 0) is 13.0 Å². The molecule has 0 saturated carbocycles. The summed E-state index contributed by atoms with van der Waals surface area (Å²) in [5.41, 5.74) is 10.1. The Balaban J connectivity index is 2.11. The van der Waals surface area contributed by atoms with Crippen molar-refractivity contribution < 1.29 is 4.39 Å². The topological polar surface area (TPSA) is 29.3 Å². The number of halogens is 2. The maximum atomic E-state index is 13.5. The fourth-order valence-electron chi connectivity index (χ4n) is 2.60. The van der Waals surface area contributed by atoms with Gasteiger partial charge < -0.3 is 10.6 Å². The second kappa shape index (κ2) is 4.94. The first kappa shape index (κ1) is 12.6. The van der Waals surface area contributed by atoms with Gasteiger partial charge in [0.2, 0.25) is 0 Å². The minimum absolute atomic E-state index is 0.199. The number of hydrogen-bond donors (Lipinski definition) is 1. The fourth-order valence-corrected chi connectivity index (χ4v) is 3.12. The lowest BCUT2D eigenvalue weighted by Gasteiger charge is -2.23. The van der Waals surface area contributed by atoms with Crippen molar-refractivity contribution in [2.45, 2.75) is 13.0 Å². The molecule has 19 heavy (non-hydrogen) atoms. The molecule has 0 fully saturated rings. The lowest BCUT2D eigenvalue weighted by molar-refractivity contribution is 0.628. The van der Waals surface area contributed by atoms with Gasteiger partial charge in [-0.2, -0.15) is 0 Å². The first-order chi connectivity index (χ1) is 9.20. The Morgan fingerprint density at radius 3 is 2.84 bits per heavy atom. The molecular formula is C15H14BrFN2. The standard InChI is InChI=1S/C15H14BrFN2/c16-13-2-1-3-14(12(13)9-18)19-7-6-10-4-5-11(17)8-15(10)19/h1-5,8H,6-7,9,18H2. The number of hydrogen-bond acceptors (Lipinski definition) is 2. The number of nitrogens with zero attached hydrogens (tertiary/aromatic N) is 1. The molecular weight excluding hydrogens is 307 g/mol. The van der Waals surface area contributed by atoms with Crippen LogP contribution in [0.5, 0.6) is 0 Å². The minimum atomic E-state index is -0.199. The zero-order valence-electron chi connectivity index (χ0n) is 10.4. The van der Waals surface area contributed by atoms with Gasteiger partial charge >= 0.3 is 0 Å². The van der Waals surface area contributed by atoms with Gasteiger partial charge in [-0.3, -0.25) is 0 Å². The van der Waals surface area contributed by atoms with Crippen molar-refractivity contribution in [1.29, 1.82) is 0 Å². The largest absolute Gasteiger partial charge is 0.341 e. The Morgan fingerprint density at radius 1 is 1.21 bits per heavy atom. The average Bonchev–Trinajstić information content (AvgIpc) is 2.81. The molecule has 0 unspecified atom stereocenters. The summed E-state index contributed by atoms with van der Waals surface area (Å²) in [5, 5.41) is 0. The second-order valence-corrected chi connectivity index (χ2v) is 5.47. The highest BCUT2D eigenvalue weighted by Gasteiger charge is 2.23. The van der Waals surface area contributed by atoms with Gasteiger partial charge in [0.25, 0.3) is 0 Å². The molecule has 98 valence electrons. The van der Waals surface area contributed by atoms with Crippen LogP contribution in [-0.4, -0.2) is 6.54 Å². The summed E-state index contributed by atoms with van der Waals surface area (Å²) in [6.45, 7) is 1.32. The lowest BCUT2D eigenvalue weighted by atomic mass is 10.1. The van der Waals surface area contributed by atoms with E-state index in [-0.39, 0.29) is 5.82 Å². The summed E-state index contributed by atoms with van der Waals surface area (Å²) in [7, 11) is 0. The van der Waals surface area contributed by atoms with E-state index in [1.165, 1.54) is 11.6 Å². The van der Waals surface area contributed by atoms with Crippen molar-refractivity contribution in [3.8, 4) is 0 Å². The number of rotatable bonds is 2. The van der Waals surface area contributed by atoms with E-state index in [4.69, 9.17) is 5.73 Å². The van der Waals surface area contributed by atoms with Crippen molar-refractivity contribution in [3.63, 3.8) is 0 Å². The highest BCUT2D eigenvalue weighted by Crippen LogP contribution is 2.38. The maximum Gasteiger partial charge on any atom is 0.125 e. The molecule has 1 heterocycles. The molecule has 3 rings (SSSR count). The van der Waals surface area contributed by atoms with Crippen LogP contribution in [0, 0.1) is 5.82 Å². The summed E-state index contributed by atoms with van der Waals surface area (Å²) < 4.78 is 14.4. The van der Waals surface area contributed by atoms with E-state index in [1.807, 2.05) is 24.3 Å². The van der Waals surface area contributed by atoms with Crippen LogP contribution in [0.3, 0.4) is 0 Å². The number of nitrogens with two attached hydrogens (primary N) is 1. The molecule has 0 radical (unpaired) electrons. The Morgan fingerprint density at radius 2 is 2.05 bits per heavy atom. The van der Waals surface area contributed by atoms with Crippen LogP contribution in [0.2, 0.25) is 0 Å². The molecule has 0 aromatic heterocycles. The van der Waals surface area contributed by atoms with Gasteiger partial charge in [-0.15, -0.1) is 0 Å². The summed E-state index contributed by atoms with van der Waals surface area (Å²) in [6, 6.07) is 11.0. The van der Waals surface area contributed by atoms with Gasteiger partial charge in [0, 0.05) is 34.5 Å². The smallest absolute Gasteiger partial charge is 0.125 e. The van der Waals surface area contributed by atoms with Crippen molar-refractivity contribution in [2.75, 3.05) is 11.4 Å². The SMILES string of the molecule is NCc1c(Br)cccc1N1CCc2ccc(F)cc21. The Labute approximate surface area is 120 Å². The molecule has 0 atom stereocenters. The molecule has 0 aliphatic carbocycles. The minimum Gasteiger partial charge on any atom is -0.341 e. The van der Waals surface area contributed by atoms with Crippen molar-refractivity contribution in [1.82, 2.24) is 0 Å². The summed E-state index contributed by atoms with van der Waals surface area (Å²) in [6.07, 6.45) is 0.937. The zero-order chi connectivity index (χ0) is 13.4. The van der Waals surface area contributed by atoms with Gasteiger partial charge in [-0.25, -0.2) is 4.39 Å². The Hall–Kier alpha value is -1.39. The monoisotopic (exact) mass is 320 g/mol. The summed E-state index contributed by atoms with van der Waals surface area (Å²) in [4.78, 5) is 2.14. The number of fused-ring (bicyclic) bond motifs is 1. The van der Waals surface area contributed by atoms with E-state index < -0.39 is 0 Å². The van der Waals surface area contributed by atoms with Crippen LogP contribution in [0.1, 0.15) is 11.1 Å². The van der Waals surface area contributed by atoms with Gasteiger partial charge in [-0.1, -0.05) is 28.1 Å². The van der Waals surface area contributed by atoms with Crippen LogP contribution < -0.4 is 10.6 Å². The number of benzene rings is 2. The van der Waals surface area contributed by atoms with Gasteiger partial charge in [0.05, 0.1) is 0 Å². The second-order valence-electron chi connectivity index (χ2n) is 4.62. The zero-order valence-corrected chi connectivity index (χ0v) is 12.0. The lowest BCUT2D eigenvalue weighted by Crippen LogP contribution is -2.16. The van der Waals surface area contributed by atoms with Crippen LogP contribution >= 0.6 is 15.9 Å². The first-order valence-corrected chi connectivity index (χ1v) is 7.03. The Kier molecular flexibility index (Phi) is 3.29. The van der Waals surface area contributed by atoms with Crippen molar-refractivity contribution in [2.24, 2.45) is 5.73 Å². The highest BCUT2D eigenvalue weighted by atomic mass is 79.9. The van der Waals surface area contributed by atoms with E-state index in [0.29, 0.717) is 6.54 Å². The van der Waals surface area contributed by atoms with E-state index in [0.717, 1.165) is 34.4 Å². The first-order valence-electron chi connectivity index (χ1n) is 6.24. The molecule has 0 saturated heterocycles.